The van der Waals surface area contributed by atoms with Crippen molar-refractivity contribution in [3.8, 4) is 0 Å². The number of nitrogens with one attached hydrogen (secondary N) is 2. The molecular formula is C14H8F3N5O. The highest BCUT2D eigenvalue weighted by atomic mass is 19.4. The highest BCUT2D eigenvalue weighted by Gasteiger charge is 2.34. The van der Waals surface area contributed by atoms with Crippen LogP contribution in [0, 0.1) is 0 Å². The van der Waals surface area contributed by atoms with Crippen molar-refractivity contribution in [3.63, 3.8) is 0 Å². The number of H-pyrrole nitrogens is 1. The smallest absolute Gasteiger partial charge is 0.420 e. The number of alkyl halides is 3. The Balaban J connectivity index is 1.73. The van der Waals surface area contributed by atoms with Crippen LogP contribution in [0.15, 0.2) is 41.3 Å². The number of furan rings is 1. The van der Waals surface area contributed by atoms with E-state index >= 15 is 0 Å². The van der Waals surface area contributed by atoms with Crippen molar-refractivity contribution in [2.75, 3.05) is 5.32 Å². The Morgan fingerprint density at radius 2 is 1.96 bits per heavy atom. The highest BCUT2D eigenvalue weighted by Crippen LogP contribution is 2.37. The molecule has 6 nitrogen and oxygen atoms in total. The van der Waals surface area contributed by atoms with Gasteiger partial charge in [-0.1, -0.05) is 0 Å². The largest absolute Gasteiger partial charge is 0.464 e. The zero-order chi connectivity index (χ0) is 16.0. The summed E-state index contributed by atoms with van der Waals surface area (Å²) in [7, 11) is 0. The second kappa shape index (κ2) is 4.70. The molecule has 0 saturated carbocycles. The number of aromatic amines is 1. The van der Waals surface area contributed by atoms with Crippen LogP contribution in [-0.4, -0.2) is 20.2 Å². The Morgan fingerprint density at radius 1 is 1.13 bits per heavy atom. The second-order valence-corrected chi connectivity index (χ2v) is 4.81. The summed E-state index contributed by atoms with van der Waals surface area (Å²) in [6, 6.07) is 4.34. The van der Waals surface area contributed by atoms with Crippen molar-refractivity contribution < 1.29 is 17.6 Å². The lowest BCUT2D eigenvalue weighted by Gasteiger charge is -2.05. The Morgan fingerprint density at radius 3 is 2.78 bits per heavy atom. The summed E-state index contributed by atoms with van der Waals surface area (Å²) in [5.74, 6) is 0.426. The Kier molecular flexibility index (Phi) is 2.77. The molecule has 9 heteroatoms. The van der Waals surface area contributed by atoms with Crippen molar-refractivity contribution in [3.05, 3.63) is 42.4 Å². The van der Waals surface area contributed by atoms with E-state index < -0.39 is 11.7 Å². The van der Waals surface area contributed by atoms with Gasteiger partial charge in [0.25, 0.3) is 0 Å². The van der Waals surface area contributed by atoms with Crippen molar-refractivity contribution in [2.45, 2.75) is 6.18 Å². The third-order valence-corrected chi connectivity index (χ3v) is 3.34. The number of nitrogens with zero attached hydrogens (tertiary/aromatic N) is 3. The van der Waals surface area contributed by atoms with Crippen molar-refractivity contribution in [1.29, 1.82) is 0 Å². The van der Waals surface area contributed by atoms with Gasteiger partial charge in [0, 0.05) is 29.5 Å². The van der Waals surface area contributed by atoms with Crippen LogP contribution in [0.25, 0.3) is 22.1 Å². The number of rotatable bonds is 2. The minimum atomic E-state index is -4.45. The number of anilines is 2. The van der Waals surface area contributed by atoms with Crippen LogP contribution >= 0.6 is 0 Å². The topological polar surface area (TPSA) is 79.6 Å². The van der Waals surface area contributed by atoms with E-state index in [-0.39, 0.29) is 11.0 Å². The molecule has 0 amide bonds. The molecule has 3 heterocycles. The molecule has 0 unspecified atom stereocenters. The Bertz CT molecular complexity index is 1000. The van der Waals surface area contributed by atoms with Gasteiger partial charge in [0.2, 0.25) is 0 Å². The first-order valence-electron chi connectivity index (χ1n) is 6.53. The molecule has 4 aromatic rings. The minimum absolute atomic E-state index is 0.00901. The average molecular weight is 319 g/mol. The number of hydrogen-bond acceptors (Lipinski definition) is 5. The van der Waals surface area contributed by atoms with Crippen molar-refractivity contribution in [2.24, 2.45) is 0 Å². The summed E-state index contributed by atoms with van der Waals surface area (Å²) in [4.78, 5) is 8.20. The quantitative estimate of drug-likeness (QED) is 0.586. The fraction of sp³-hybridized carbons (Fsp3) is 0.0714. The van der Waals surface area contributed by atoms with E-state index in [0.717, 1.165) is 0 Å². The van der Waals surface area contributed by atoms with Crippen LogP contribution in [0.4, 0.5) is 24.7 Å². The van der Waals surface area contributed by atoms with Gasteiger partial charge in [-0.05, 0) is 12.1 Å². The van der Waals surface area contributed by atoms with E-state index in [1.54, 1.807) is 0 Å². The maximum atomic E-state index is 12.8. The molecule has 0 fully saturated rings. The third-order valence-electron chi connectivity index (χ3n) is 3.34. The first-order chi connectivity index (χ1) is 11.0. The van der Waals surface area contributed by atoms with E-state index in [4.69, 9.17) is 4.42 Å². The zero-order valence-electron chi connectivity index (χ0n) is 11.3. The number of fused-ring (bicyclic) bond motifs is 2. The van der Waals surface area contributed by atoms with Gasteiger partial charge in [-0.15, -0.1) is 0 Å². The van der Waals surface area contributed by atoms with E-state index in [2.05, 4.69) is 25.5 Å². The first-order valence-corrected chi connectivity index (χ1v) is 6.53. The van der Waals surface area contributed by atoms with E-state index in [9.17, 15) is 13.2 Å². The molecule has 0 aliphatic carbocycles. The van der Waals surface area contributed by atoms with Gasteiger partial charge >= 0.3 is 6.18 Å². The summed E-state index contributed by atoms with van der Waals surface area (Å²) >= 11 is 0. The lowest BCUT2D eigenvalue weighted by molar-refractivity contribution is -0.136. The average Bonchev–Trinajstić information content (AvgIpc) is 3.11. The summed E-state index contributed by atoms with van der Waals surface area (Å²) in [6.07, 6.45) is -0.690. The molecule has 0 spiro atoms. The van der Waals surface area contributed by atoms with E-state index in [1.807, 2.05) is 0 Å². The molecule has 2 N–H and O–H groups in total. The number of hydrogen-bond donors (Lipinski definition) is 2. The van der Waals surface area contributed by atoms with Crippen LogP contribution in [0.5, 0.6) is 0 Å². The van der Waals surface area contributed by atoms with Gasteiger partial charge < -0.3 is 9.73 Å². The van der Waals surface area contributed by atoms with E-state index in [1.165, 1.54) is 30.6 Å². The van der Waals surface area contributed by atoms with Gasteiger partial charge in [-0.25, -0.2) is 9.97 Å². The standard InChI is InChI=1S/C14H8F3N5O/c15-14(16,17)9-6-23-10-5-7(1-2-8(9)10)20-13-11-12(21-22-13)19-4-3-18-11/h1-6H,(H2,19,20,21,22). The van der Waals surface area contributed by atoms with E-state index in [0.29, 0.717) is 28.9 Å². The van der Waals surface area contributed by atoms with Gasteiger partial charge in [0.05, 0.1) is 0 Å². The van der Waals surface area contributed by atoms with Crippen molar-refractivity contribution >= 4 is 33.6 Å². The normalized spacial score (nSPS) is 12.1. The summed E-state index contributed by atoms with van der Waals surface area (Å²) in [5, 5.41) is 9.74. The van der Waals surface area contributed by atoms with Gasteiger partial charge in [-0.3, -0.25) is 5.10 Å². The monoisotopic (exact) mass is 319 g/mol. The Hall–Kier alpha value is -3.10. The second-order valence-electron chi connectivity index (χ2n) is 4.81. The molecule has 0 bridgehead atoms. The molecule has 116 valence electrons. The fourth-order valence-electron chi connectivity index (χ4n) is 2.30. The zero-order valence-corrected chi connectivity index (χ0v) is 11.3. The minimum Gasteiger partial charge on any atom is -0.464 e. The predicted molar refractivity (Wildman–Crippen MR) is 76.2 cm³/mol. The molecule has 0 aliphatic heterocycles. The van der Waals surface area contributed by atoms with Gasteiger partial charge in [0.1, 0.15) is 17.4 Å². The summed E-state index contributed by atoms with van der Waals surface area (Å²) < 4.78 is 43.5. The molecule has 0 radical (unpaired) electrons. The third kappa shape index (κ3) is 2.26. The molecule has 0 aliphatic rings. The highest BCUT2D eigenvalue weighted by molar-refractivity contribution is 5.88. The van der Waals surface area contributed by atoms with Gasteiger partial charge in [0.15, 0.2) is 17.0 Å². The molecule has 1 aromatic carbocycles. The maximum absolute atomic E-state index is 12.8. The lowest BCUT2D eigenvalue weighted by atomic mass is 10.1. The molecule has 0 atom stereocenters. The van der Waals surface area contributed by atoms with Crippen LogP contribution in [0.2, 0.25) is 0 Å². The molecule has 0 saturated heterocycles. The summed E-state index contributed by atoms with van der Waals surface area (Å²) in [5.41, 5.74) is 0.902. The van der Waals surface area contributed by atoms with Crippen LogP contribution in [-0.2, 0) is 6.18 Å². The van der Waals surface area contributed by atoms with Crippen LogP contribution in [0.3, 0.4) is 0 Å². The molecule has 4 rings (SSSR count). The lowest BCUT2D eigenvalue weighted by Crippen LogP contribution is -2.03. The SMILES string of the molecule is FC(F)(F)c1coc2cc(Nc3n[nH]c4nccnc34)ccc12. The maximum Gasteiger partial charge on any atom is 0.420 e. The molecule has 23 heavy (non-hydrogen) atoms. The van der Waals surface area contributed by atoms with Crippen molar-refractivity contribution in [1.82, 2.24) is 20.2 Å². The first kappa shape index (κ1) is 13.6. The fourth-order valence-corrected chi connectivity index (χ4v) is 2.30. The number of halogens is 3. The number of aromatic nitrogens is 4. The van der Waals surface area contributed by atoms with Crippen LogP contribution < -0.4 is 5.32 Å². The number of benzene rings is 1. The molecular weight excluding hydrogens is 311 g/mol. The summed E-state index contributed by atoms with van der Waals surface area (Å²) in [6.45, 7) is 0. The molecule has 3 aromatic heterocycles. The predicted octanol–water partition coefficient (Wildman–Crippen LogP) is 3.86. The Labute approximate surface area is 126 Å². The van der Waals surface area contributed by atoms with Crippen LogP contribution in [0.1, 0.15) is 5.56 Å². The van der Waals surface area contributed by atoms with Gasteiger partial charge in [-0.2, -0.15) is 18.3 Å².